The van der Waals surface area contributed by atoms with E-state index < -0.39 is 17.4 Å². The number of aliphatic carboxylic acids is 1. The Morgan fingerprint density at radius 2 is 2.31 bits per heavy atom. The predicted molar refractivity (Wildman–Crippen MR) is 57.8 cm³/mol. The van der Waals surface area contributed by atoms with Gasteiger partial charge in [-0.15, -0.1) is 0 Å². The first-order valence-corrected chi connectivity index (χ1v) is 4.95. The number of amides is 1. The van der Waals surface area contributed by atoms with Crippen LogP contribution in [-0.2, 0) is 9.59 Å². The highest BCUT2D eigenvalue weighted by Crippen LogP contribution is 2.31. The number of carboxylic acids is 1. The molecule has 0 radical (unpaired) electrons. The maximum absolute atomic E-state index is 11.4. The lowest BCUT2D eigenvalue weighted by Gasteiger charge is -2.42. The topological polar surface area (TPSA) is 70.0 Å². The first kappa shape index (κ1) is 10.6. The zero-order valence-electron chi connectivity index (χ0n) is 9.10. The fraction of sp³-hybridized carbons (Fsp3) is 0.364. The van der Waals surface area contributed by atoms with E-state index in [1.807, 2.05) is 0 Å². The molecule has 2 aliphatic heterocycles. The Morgan fingerprint density at radius 3 is 2.94 bits per heavy atom. The summed E-state index contributed by atoms with van der Waals surface area (Å²) >= 11 is 0. The molecule has 0 aromatic carbocycles. The van der Waals surface area contributed by atoms with Gasteiger partial charge in [0.2, 0.25) is 0 Å². The number of carbonyl (C=O) groups is 2. The van der Waals surface area contributed by atoms with Crippen LogP contribution in [-0.4, -0.2) is 33.3 Å². The monoisotopic (exact) mass is 220 g/mol. The van der Waals surface area contributed by atoms with Crippen molar-refractivity contribution in [1.82, 2.24) is 4.90 Å². The van der Waals surface area contributed by atoms with E-state index in [0.717, 1.165) is 5.70 Å². The Bertz CT molecular complexity index is 462. The molecule has 1 amide bonds. The number of amidine groups is 1. The van der Waals surface area contributed by atoms with Gasteiger partial charge >= 0.3 is 5.97 Å². The van der Waals surface area contributed by atoms with Crippen molar-refractivity contribution < 1.29 is 14.7 Å². The fourth-order valence-electron chi connectivity index (χ4n) is 2.04. The second-order valence-corrected chi connectivity index (χ2v) is 4.12. The third-order valence-corrected chi connectivity index (χ3v) is 2.85. The van der Waals surface area contributed by atoms with Crippen LogP contribution in [0.25, 0.3) is 0 Å². The SMILES string of the molecule is CC1=CC=CC2=NC(=O)C[C@](C)(C(=O)O)N12. The van der Waals surface area contributed by atoms with E-state index in [1.165, 1.54) is 0 Å². The molecule has 0 spiro atoms. The van der Waals surface area contributed by atoms with Crippen LogP contribution in [0, 0.1) is 0 Å². The third-order valence-electron chi connectivity index (χ3n) is 2.85. The highest BCUT2D eigenvalue weighted by molar-refractivity contribution is 6.09. The first-order valence-electron chi connectivity index (χ1n) is 4.95. The molecule has 5 nitrogen and oxygen atoms in total. The van der Waals surface area contributed by atoms with E-state index in [9.17, 15) is 14.7 Å². The van der Waals surface area contributed by atoms with Gasteiger partial charge in [0.1, 0.15) is 11.4 Å². The average Bonchev–Trinajstić information content (AvgIpc) is 2.16. The maximum Gasteiger partial charge on any atom is 0.330 e. The van der Waals surface area contributed by atoms with Gasteiger partial charge in [0.15, 0.2) is 0 Å². The summed E-state index contributed by atoms with van der Waals surface area (Å²) in [5.41, 5.74) is -0.460. The number of carbonyl (C=O) groups excluding carboxylic acids is 1. The Labute approximate surface area is 92.8 Å². The molecule has 0 saturated carbocycles. The van der Waals surface area contributed by atoms with Crippen LogP contribution in [0.3, 0.4) is 0 Å². The van der Waals surface area contributed by atoms with Crippen LogP contribution in [0.15, 0.2) is 28.9 Å². The Morgan fingerprint density at radius 1 is 1.62 bits per heavy atom. The van der Waals surface area contributed by atoms with Gasteiger partial charge in [-0.1, -0.05) is 6.08 Å². The fourth-order valence-corrected chi connectivity index (χ4v) is 2.04. The van der Waals surface area contributed by atoms with Gasteiger partial charge in [-0.05, 0) is 26.0 Å². The number of allylic oxidation sites excluding steroid dienone is 3. The number of fused-ring (bicyclic) bond motifs is 1. The normalized spacial score (nSPS) is 28.4. The lowest BCUT2D eigenvalue weighted by Crippen LogP contribution is -2.57. The van der Waals surface area contributed by atoms with Gasteiger partial charge in [0, 0.05) is 5.70 Å². The van der Waals surface area contributed by atoms with Crippen molar-refractivity contribution in [2.45, 2.75) is 25.8 Å². The van der Waals surface area contributed by atoms with E-state index in [4.69, 9.17) is 0 Å². The smallest absolute Gasteiger partial charge is 0.330 e. The lowest BCUT2D eigenvalue weighted by atomic mass is 9.91. The minimum Gasteiger partial charge on any atom is -0.479 e. The van der Waals surface area contributed by atoms with Crippen LogP contribution >= 0.6 is 0 Å². The summed E-state index contributed by atoms with van der Waals surface area (Å²) in [4.78, 5) is 28.2. The number of nitrogens with zero attached hydrogens (tertiary/aromatic N) is 2. The van der Waals surface area contributed by atoms with Crippen molar-refractivity contribution in [3.05, 3.63) is 23.9 Å². The zero-order valence-corrected chi connectivity index (χ0v) is 9.10. The molecule has 0 bridgehead atoms. The summed E-state index contributed by atoms with van der Waals surface area (Å²) in [5.74, 6) is -1.01. The molecule has 2 aliphatic rings. The molecule has 2 rings (SSSR count). The minimum absolute atomic E-state index is 0.106. The van der Waals surface area contributed by atoms with Crippen LogP contribution in [0.2, 0.25) is 0 Å². The lowest BCUT2D eigenvalue weighted by molar-refractivity contribution is -0.150. The molecule has 84 valence electrons. The first-order chi connectivity index (χ1) is 7.45. The number of hydrogen-bond acceptors (Lipinski definition) is 3. The standard InChI is InChI=1S/C11H12N2O3/c1-7-4-3-5-8-12-9(14)6-11(2,10(15)16)13(7)8/h3-5H,6H2,1-2H3,(H,15,16)/t11-/m1/s1. The second kappa shape index (κ2) is 3.30. The number of rotatable bonds is 1. The second-order valence-electron chi connectivity index (χ2n) is 4.12. The summed E-state index contributed by atoms with van der Waals surface area (Å²) < 4.78 is 0. The molecule has 0 aromatic rings. The van der Waals surface area contributed by atoms with E-state index in [1.54, 1.807) is 37.0 Å². The van der Waals surface area contributed by atoms with Crippen molar-refractivity contribution in [3.8, 4) is 0 Å². The zero-order chi connectivity index (χ0) is 11.9. The van der Waals surface area contributed by atoms with Gasteiger partial charge in [-0.2, -0.15) is 4.99 Å². The third kappa shape index (κ3) is 1.36. The van der Waals surface area contributed by atoms with Gasteiger partial charge in [0.25, 0.3) is 5.91 Å². The van der Waals surface area contributed by atoms with E-state index in [2.05, 4.69) is 4.99 Å². The minimum atomic E-state index is -1.24. The molecular weight excluding hydrogens is 208 g/mol. The molecule has 0 saturated heterocycles. The largest absolute Gasteiger partial charge is 0.479 e. The number of carboxylic acid groups (broad SMARTS) is 1. The maximum atomic E-state index is 11.4. The van der Waals surface area contributed by atoms with Crippen molar-refractivity contribution >= 4 is 17.7 Å². The Balaban J connectivity index is 2.56. The Hall–Kier alpha value is -1.91. The summed E-state index contributed by atoms with van der Waals surface area (Å²) in [6.07, 6.45) is 5.09. The molecular formula is C11H12N2O3. The van der Waals surface area contributed by atoms with Crippen LogP contribution in [0.1, 0.15) is 20.3 Å². The molecule has 2 heterocycles. The summed E-state index contributed by atoms with van der Waals surface area (Å²) in [7, 11) is 0. The number of hydrogen-bond donors (Lipinski definition) is 1. The quantitative estimate of drug-likeness (QED) is 0.713. The molecule has 0 aliphatic carbocycles. The molecule has 16 heavy (non-hydrogen) atoms. The van der Waals surface area contributed by atoms with Crippen molar-refractivity contribution in [2.75, 3.05) is 0 Å². The van der Waals surface area contributed by atoms with Gasteiger partial charge in [-0.3, -0.25) is 4.79 Å². The predicted octanol–water partition coefficient (Wildman–Crippen LogP) is 0.934. The molecule has 0 aromatic heterocycles. The number of aliphatic imine (C=N–C) groups is 1. The van der Waals surface area contributed by atoms with Crippen LogP contribution in [0.5, 0.6) is 0 Å². The van der Waals surface area contributed by atoms with Gasteiger partial charge in [-0.25, -0.2) is 4.79 Å². The Kier molecular flexibility index (Phi) is 2.18. The average molecular weight is 220 g/mol. The molecule has 0 fully saturated rings. The summed E-state index contributed by atoms with van der Waals surface area (Å²) in [6, 6.07) is 0. The molecule has 0 unspecified atom stereocenters. The van der Waals surface area contributed by atoms with Gasteiger partial charge < -0.3 is 10.0 Å². The summed E-state index contributed by atoms with van der Waals surface area (Å²) in [5, 5.41) is 9.27. The highest BCUT2D eigenvalue weighted by Gasteiger charge is 2.46. The van der Waals surface area contributed by atoms with Crippen molar-refractivity contribution in [1.29, 1.82) is 0 Å². The highest BCUT2D eigenvalue weighted by atomic mass is 16.4. The van der Waals surface area contributed by atoms with Crippen LogP contribution in [0.4, 0.5) is 0 Å². The van der Waals surface area contributed by atoms with Crippen molar-refractivity contribution in [3.63, 3.8) is 0 Å². The van der Waals surface area contributed by atoms with Gasteiger partial charge in [0.05, 0.1) is 6.42 Å². The molecule has 1 N–H and O–H groups in total. The van der Waals surface area contributed by atoms with Crippen LogP contribution < -0.4 is 0 Å². The summed E-state index contributed by atoms with van der Waals surface area (Å²) in [6.45, 7) is 3.34. The van der Waals surface area contributed by atoms with E-state index >= 15 is 0 Å². The van der Waals surface area contributed by atoms with E-state index in [-0.39, 0.29) is 6.42 Å². The molecule has 1 atom stereocenters. The van der Waals surface area contributed by atoms with E-state index in [0.29, 0.717) is 5.84 Å². The van der Waals surface area contributed by atoms with Crippen molar-refractivity contribution in [2.24, 2.45) is 4.99 Å². The molecule has 5 heteroatoms.